The van der Waals surface area contributed by atoms with Gasteiger partial charge in [-0.25, -0.2) is 0 Å². The third-order valence-corrected chi connectivity index (χ3v) is 10.2. The molecule has 21 heteroatoms. The molecule has 0 aromatic rings. The van der Waals surface area contributed by atoms with Crippen molar-refractivity contribution in [1.29, 1.82) is 5.41 Å². The smallest absolute Gasteiger partial charge is 0.254 e. The Morgan fingerprint density at radius 3 is 2.08 bits per heavy atom. The highest BCUT2D eigenvalue weighted by Gasteiger charge is 2.61. The molecule has 0 bridgehead atoms. The molecule has 0 aromatic carbocycles. The fourth-order valence-corrected chi connectivity index (χ4v) is 7.01. The highest BCUT2D eigenvalue weighted by molar-refractivity contribution is 5.91. The number of nitrogens with one attached hydrogen (secondary N) is 4. The minimum absolute atomic E-state index is 0.0817. The van der Waals surface area contributed by atoms with E-state index >= 15 is 0 Å². The zero-order chi connectivity index (χ0) is 35.9. The van der Waals surface area contributed by atoms with E-state index in [-0.39, 0.29) is 25.4 Å². The van der Waals surface area contributed by atoms with Crippen LogP contribution in [0.1, 0.15) is 25.7 Å². The number of rotatable bonds is 12. The molecule has 49 heavy (non-hydrogen) atoms. The number of guanidine groups is 1. The van der Waals surface area contributed by atoms with E-state index in [2.05, 4.69) is 16.0 Å². The second-order valence-electron chi connectivity index (χ2n) is 14.0. The molecule has 0 aromatic heterocycles. The fourth-order valence-electron chi connectivity index (χ4n) is 7.01. The van der Waals surface area contributed by atoms with Gasteiger partial charge in [-0.15, -0.1) is 0 Å². The van der Waals surface area contributed by atoms with Gasteiger partial charge >= 0.3 is 0 Å². The van der Waals surface area contributed by atoms with Crippen LogP contribution < -0.4 is 38.9 Å². The zero-order valence-electron chi connectivity index (χ0n) is 26.8. The summed E-state index contributed by atoms with van der Waals surface area (Å²) in [5.41, 5.74) is 21.6. The summed E-state index contributed by atoms with van der Waals surface area (Å²) in [6.07, 6.45) is -16.9. The van der Waals surface area contributed by atoms with Crippen molar-refractivity contribution < 1.29 is 64.6 Å². The molecule has 3 saturated carbocycles. The number of aliphatic hydroxyl groups excluding tert-OH is 7. The van der Waals surface area contributed by atoms with Crippen LogP contribution in [0.4, 0.5) is 0 Å². The van der Waals surface area contributed by atoms with E-state index in [9.17, 15) is 45.6 Å². The van der Waals surface area contributed by atoms with Crippen LogP contribution in [0.15, 0.2) is 0 Å². The van der Waals surface area contributed by atoms with E-state index in [4.69, 9.17) is 47.3 Å². The highest BCUT2D eigenvalue weighted by Crippen LogP contribution is 2.38. The standard InChI is InChI=1S/C28H52N8O13/c29-9-1-8(2-9)5-34-6-12-17(39)19(41)20(42)25(46-12)48-22-10(30)3-11(35-26(44)28(45)4-14(28)36-27(32)33)23(21(22)43)49-24-18(40)15(31)16(38)13(7-37)47-24/h8-25,34,37-43,45H,1-7,29-31H2,(H,35,44)(H4,32,33,36)/t8?,9?,10-,11+,12+,13+,14?,15-,16+,17+,18+,19-,20+,21-,22?,23-,24+,25+,28?/m0/s1. The number of hydrogen-bond acceptors (Lipinski definition) is 18. The molecule has 5 fully saturated rings. The zero-order valence-corrected chi connectivity index (χ0v) is 26.8. The molecule has 17 atom stereocenters. The number of carbonyl (C=O) groups excluding carboxylic acids is 1. The van der Waals surface area contributed by atoms with Crippen LogP contribution in [0.5, 0.6) is 0 Å². The predicted octanol–water partition coefficient (Wildman–Crippen LogP) is -8.78. The van der Waals surface area contributed by atoms with Gasteiger partial charge in [0.1, 0.15) is 61.0 Å². The monoisotopic (exact) mass is 708 g/mol. The lowest BCUT2D eigenvalue weighted by molar-refractivity contribution is -0.333. The Bertz CT molecular complexity index is 1160. The van der Waals surface area contributed by atoms with Crippen LogP contribution in [-0.4, -0.2) is 182 Å². The van der Waals surface area contributed by atoms with Gasteiger partial charge in [-0.3, -0.25) is 10.2 Å². The minimum atomic E-state index is -1.96. The quantitative estimate of drug-likeness (QED) is 0.0661. The van der Waals surface area contributed by atoms with Crippen LogP contribution in [-0.2, 0) is 23.7 Å². The van der Waals surface area contributed by atoms with Crippen molar-refractivity contribution in [1.82, 2.24) is 16.0 Å². The lowest BCUT2D eigenvalue weighted by Gasteiger charge is -2.49. The summed E-state index contributed by atoms with van der Waals surface area (Å²) < 4.78 is 23.3. The molecule has 1 amide bonds. The van der Waals surface area contributed by atoms with E-state index in [1.165, 1.54) is 0 Å². The number of hydrogen-bond donors (Lipinski definition) is 16. The van der Waals surface area contributed by atoms with Crippen molar-refractivity contribution in [2.75, 3.05) is 19.7 Å². The first-order valence-corrected chi connectivity index (χ1v) is 16.5. The third-order valence-electron chi connectivity index (χ3n) is 10.2. The minimum Gasteiger partial charge on any atom is -0.394 e. The second-order valence-corrected chi connectivity index (χ2v) is 14.0. The van der Waals surface area contributed by atoms with Crippen molar-refractivity contribution in [3.8, 4) is 0 Å². The molecule has 0 radical (unpaired) electrons. The number of carbonyl (C=O) groups is 1. The van der Waals surface area contributed by atoms with Crippen LogP contribution in [0, 0.1) is 11.3 Å². The van der Waals surface area contributed by atoms with E-state index in [1.807, 2.05) is 0 Å². The Labute approximate surface area is 281 Å². The van der Waals surface area contributed by atoms with Gasteiger partial charge < -0.3 is 98.7 Å². The van der Waals surface area contributed by atoms with Gasteiger partial charge in [0.15, 0.2) is 24.1 Å². The highest BCUT2D eigenvalue weighted by atomic mass is 16.7. The summed E-state index contributed by atoms with van der Waals surface area (Å²) >= 11 is 0. The van der Waals surface area contributed by atoms with Crippen LogP contribution in [0.25, 0.3) is 0 Å². The Morgan fingerprint density at radius 1 is 0.816 bits per heavy atom. The molecule has 3 aliphatic carbocycles. The molecular formula is C28H52N8O13. The average Bonchev–Trinajstić information content (AvgIpc) is 3.69. The summed E-state index contributed by atoms with van der Waals surface area (Å²) in [4.78, 5) is 13.2. The summed E-state index contributed by atoms with van der Waals surface area (Å²) in [6.45, 7) is -0.0121. The molecule has 21 nitrogen and oxygen atoms in total. The molecular weight excluding hydrogens is 656 g/mol. The van der Waals surface area contributed by atoms with Crippen molar-refractivity contribution in [2.45, 2.75) is 135 Å². The largest absolute Gasteiger partial charge is 0.394 e. The molecule has 0 spiro atoms. The average molecular weight is 709 g/mol. The van der Waals surface area contributed by atoms with Crippen LogP contribution in [0.3, 0.4) is 0 Å². The van der Waals surface area contributed by atoms with Gasteiger partial charge in [0.05, 0.1) is 24.7 Å². The molecule has 2 aliphatic heterocycles. The maximum atomic E-state index is 13.2. The summed E-state index contributed by atoms with van der Waals surface area (Å²) in [7, 11) is 0. The fraction of sp³-hybridized carbons (Fsp3) is 0.929. The number of ether oxygens (including phenoxy) is 4. The van der Waals surface area contributed by atoms with E-state index < -0.39 is 122 Å². The van der Waals surface area contributed by atoms with E-state index in [1.54, 1.807) is 0 Å². The van der Waals surface area contributed by atoms with Crippen molar-refractivity contribution in [3.05, 3.63) is 0 Å². The number of amides is 1. The third kappa shape index (κ3) is 8.12. The molecule has 5 rings (SSSR count). The maximum Gasteiger partial charge on any atom is 0.254 e. The Balaban J connectivity index is 1.31. The number of aliphatic hydroxyl groups is 8. The lowest BCUT2D eigenvalue weighted by Crippen LogP contribution is -2.69. The molecule has 3 unspecified atom stereocenters. The summed E-state index contributed by atoms with van der Waals surface area (Å²) in [5.74, 6) is -1.01. The predicted molar refractivity (Wildman–Crippen MR) is 165 cm³/mol. The summed E-state index contributed by atoms with van der Waals surface area (Å²) in [6, 6.07) is -4.32. The Kier molecular flexibility index (Phi) is 12.0. The normalized spacial score (nSPS) is 49.9. The second kappa shape index (κ2) is 15.4. The molecule has 2 saturated heterocycles. The lowest BCUT2D eigenvalue weighted by atomic mass is 9.81. The molecule has 2 heterocycles. The SMILES string of the molecule is N=C(N)NC1CC1(O)C(=O)N[C@@H]1C[C@H](N)C(O[C@H]2O[C@H](CNCC3CC(N)C3)[C@@H](O)[C@H](O)[C@H]2O)[C@H](O)[C@H]1O[C@H]1O[C@H](CO)[C@@H](O)[C@H](N)[C@H]1O. The van der Waals surface area contributed by atoms with E-state index in [0.717, 1.165) is 12.8 Å². The van der Waals surface area contributed by atoms with Crippen LogP contribution in [0.2, 0.25) is 0 Å². The van der Waals surface area contributed by atoms with Crippen molar-refractivity contribution in [2.24, 2.45) is 28.9 Å². The first-order valence-electron chi connectivity index (χ1n) is 16.5. The molecule has 5 aliphatic rings. The van der Waals surface area contributed by atoms with Gasteiger partial charge in [-0.1, -0.05) is 0 Å². The first kappa shape index (κ1) is 38.3. The van der Waals surface area contributed by atoms with Gasteiger partial charge in [0.25, 0.3) is 5.91 Å². The number of nitrogens with two attached hydrogens (primary N) is 4. The molecule has 282 valence electrons. The van der Waals surface area contributed by atoms with Crippen LogP contribution >= 0.6 is 0 Å². The Morgan fingerprint density at radius 2 is 1.45 bits per heavy atom. The topological polar surface area (TPSA) is 380 Å². The first-order chi connectivity index (χ1) is 23.0. The van der Waals surface area contributed by atoms with Gasteiger partial charge in [-0.2, -0.15) is 0 Å². The maximum absolute atomic E-state index is 13.2. The Hall–Kier alpha value is -1.90. The van der Waals surface area contributed by atoms with Crippen molar-refractivity contribution in [3.63, 3.8) is 0 Å². The van der Waals surface area contributed by atoms with Gasteiger partial charge in [0.2, 0.25) is 0 Å². The molecule has 20 N–H and O–H groups in total. The summed E-state index contributed by atoms with van der Waals surface area (Å²) in [5, 5.41) is 101. The van der Waals surface area contributed by atoms with Gasteiger partial charge in [-0.05, 0) is 31.7 Å². The van der Waals surface area contributed by atoms with E-state index in [0.29, 0.717) is 12.5 Å². The van der Waals surface area contributed by atoms with Crippen molar-refractivity contribution >= 4 is 11.9 Å². The van der Waals surface area contributed by atoms with Gasteiger partial charge in [0, 0.05) is 25.0 Å².